The highest BCUT2D eigenvalue weighted by atomic mass is 127. The lowest BCUT2D eigenvalue weighted by Gasteiger charge is -2.22. The Morgan fingerprint density at radius 2 is 2.04 bits per heavy atom. The maximum atomic E-state index is 5.20. The summed E-state index contributed by atoms with van der Waals surface area (Å²) < 4.78 is 10.3. The summed E-state index contributed by atoms with van der Waals surface area (Å²) in [4.78, 5) is 11.0. The summed E-state index contributed by atoms with van der Waals surface area (Å²) in [6.45, 7) is 6.20. The number of methoxy groups -OCH3 is 1. The van der Waals surface area contributed by atoms with Crippen molar-refractivity contribution in [3.8, 4) is 5.75 Å². The number of aromatic nitrogens is 2. The Morgan fingerprint density at radius 3 is 2.62 bits per heavy atom. The molecule has 0 amide bonds. The number of hydrogen-bond acceptors (Lipinski definition) is 5. The lowest BCUT2D eigenvalue weighted by molar-refractivity contribution is 0.372. The fourth-order valence-electron chi connectivity index (χ4n) is 2.41. The molecular formula is C18H28IN5O2. The summed E-state index contributed by atoms with van der Waals surface area (Å²) in [5.74, 6) is 3.10. The van der Waals surface area contributed by atoms with Gasteiger partial charge >= 0.3 is 0 Å². The van der Waals surface area contributed by atoms with Crippen molar-refractivity contribution in [2.75, 3.05) is 27.2 Å². The van der Waals surface area contributed by atoms with Crippen LogP contribution in [-0.4, -0.2) is 48.2 Å². The number of halogens is 1. The third-order valence-electron chi connectivity index (χ3n) is 3.66. The van der Waals surface area contributed by atoms with Crippen molar-refractivity contribution < 1.29 is 9.26 Å². The maximum absolute atomic E-state index is 5.20. The lowest BCUT2D eigenvalue weighted by Crippen LogP contribution is -2.38. The van der Waals surface area contributed by atoms with Crippen LogP contribution >= 0.6 is 24.0 Å². The van der Waals surface area contributed by atoms with Crippen LogP contribution in [0.3, 0.4) is 0 Å². The number of aliphatic imine (C=N–C) groups is 1. The van der Waals surface area contributed by atoms with Gasteiger partial charge in [-0.25, -0.2) is 0 Å². The van der Waals surface area contributed by atoms with Gasteiger partial charge in [0.15, 0.2) is 11.8 Å². The second-order valence-electron chi connectivity index (χ2n) is 5.78. The number of nitrogens with zero attached hydrogens (tertiary/aromatic N) is 4. The molecule has 144 valence electrons. The van der Waals surface area contributed by atoms with E-state index in [4.69, 9.17) is 9.26 Å². The molecule has 2 aromatic rings. The molecule has 0 spiro atoms. The number of hydrogen-bond donors (Lipinski definition) is 1. The van der Waals surface area contributed by atoms with Crippen molar-refractivity contribution in [1.29, 1.82) is 0 Å². The Hall–Kier alpha value is -1.84. The summed E-state index contributed by atoms with van der Waals surface area (Å²) in [6.07, 6.45) is 1.61. The van der Waals surface area contributed by atoms with Gasteiger partial charge in [0.2, 0.25) is 5.89 Å². The van der Waals surface area contributed by atoms with Crippen molar-refractivity contribution >= 4 is 29.9 Å². The highest BCUT2D eigenvalue weighted by Gasteiger charge is 2.07. The predicted octanol–water partition coefficient (Wildman–Crippen LogP) is 3.03. The summed E-state index contributed by atoms with van der Waals surface area (Å²) in [5.41, 5.74) is 1.20. The van der Waals surface area contributed by atoms with Gasteiger partial charge in [0.25, 0.3) is 0 Å². The zero-order valence-corrected chi connectivity index (χ0v) is 18.2. The van der Waals surface area contributed by atoms with E-state index in [-0.39, 0.29) is 24.0 Å². The number of rotatable bonds is 8. The first-order chi connectivity index (χ1) is 12.1. The van der Waals surface area contributed by atoms with Crippen LogP contribution in [-0.2, 0) is 13.0 Å². The van der Waals surface area contributed by atoms with Gasteiger partial charge in [-0.3, -0.25) is 4.99 Å². The van der Waals surface area contributed by atoms with Gasteiger partial charge in [-0.15, -0.1) is 24.0 Å². The normalized spacial score (nSPS) is 11.0. The molecule has 0 saturated heterocycles. The first-order valence-electron chi connectivity index (χ1n) is 8.54. The largest absolute Gasteiger partial charge is 0.497 e. The van der Waals surface area contributed by atoms with E-state index < -0.39 is 0 Å². The fraction of sp³-hybridized carbons (Fsp3) is 0.500. The molecule has 0 saturated carbocycles. The van der Waals surface area contributed by atoms with Crippen LogP contribution in [0.2, 0.25) is 0 Å². The van der Waals surface area contributed by atoms with Gasteiger partial charge < -0.3 is 19.5 Å². The number of aryl methyl sites for hydroxylation is 2. The van der Waals surface area contributed by atoms with Crippen LogP contribution in [0.25, 0.3) is 0 Å². The maximum Gasteiger partial charge on any atom is 0.226 e. The Labute approximate surface area is 172 Å². The summed E-state index contributed by atoms with van der Waals surface area (Å²) in [5, 5.41) is 7.12. The topological polar surface area (TPSA) is 75.8 Å². The van der Waals surface area contributed by atoms with Crippen molar-refractivity contribution in [2.24, 2.45) is 4.99 Å². The molecular weight excluding hydrogens is 445 g/mol. The van der Waals surface area contributed by atoms with E-state index in [1.54, 1.807) is 7.11 Å². The van der Waals surface area contributed by atoms with Gasteiger partial charge in [-0.2, -0.15) is 4.98 Å². The number of benzene rings is 1. The molecule has 0 atom stereocenters. The molecule has 1 N–H and O–H groups in total. The van der Waals surface area contributed by atoms with E-state index in [0.717, 1.165) is 37.6 Å². The molecule has 0 unspecified atom stereocenters. The van der Waals surface area contributed by atoms with Crippen molar-refractivity contribution in [3.05, 3.63) is 41.5 Å². The third-order valence-corrected chi connectivity index (χ3v) is 3.66. The number of ether oxygens (including phenoxy) is 1. The van der Waals surface area contributed by atoms with Crippen LogP contribution < -0.4 is 10.1 Å². The van der Waals surface area contributed by atoms with Gasteiger partial charge in [0.05, 0.1) is 7.11 Å². The smallest absolute Gasteiger partial charge is 0.226 e. The minimum absolute atomic E-state index is 0. The third kappa shape index (κ3) is 7.19. The molecule has 0 aliphatic rings. The first kappa shape index (κ1) is 22.2. The molecule has 0 bridgehead atoms. The number of nitrogens with one attached hydrogen (secondary N) is 1. The monoisotopic (exact) mass is 473 g/mol. The van der Waals surface area contributed by atoms with E-state index in [1.807, 2.05) is 26.1 Å². The van der Waals surface area contributed by atoms with E-state index in [9.17, 15) is 0 Å². The molecule has 26 heavy (non-hydrogen) atoms. The highest BCUT2D eigenvalue weighted by Crippen LogP contribution is 2.12. The minimum atomic E-state index is 0. The van der Waals surface area contributed by atoms with Crippen LogP contribution in [0.4, 0.5) is 0 Å². The molecule has 1 heterocycles. The quantitative estimate of drug-likeness (QED) is 0.275. The Balaban J connectivity index is 0.00000338. The fourth-order valence-corrected chi connectivity index (χ4v) is 2.41. The van der Waals surface area contributed by atoms with E-state index >= 15 is 0 Å². The number of guanidine groups is 1. The van der Waals surface area contributed by atoms with Crippen molar-refractivity contribution in [3.63, 3.8) is 0 Å². The van der Waals surface area contributed by atoms with Crippen molar-refractivity contribution in [1.82, 2.24) is 20.4 Å². The molecule has 8 heteroatoms. The average Bonchev–Trinajstić information content (AvgIpc) is 3.03. The van der Waals surface area contributed by atoms with Crippen LogP contribution in [0.5, 0.6) is 5.75 Å². The van der Waals surface area contributed by atoms with E-state index in [0.29, 0.717) is 18.3 Å². The SMILES string of the molecule is CCNC(=NCCCc1nc(C)no1)N(C)Cc1ccc(OC)cc1.I. The van der Waals surface area contributed by atoms with Crippen LogP contribution in [0.1, 0.15) is 30.6 Å². The highest BCUT2D eigenvalue weighted by molar-refractivity contribution is 14.0. The predicted molar refractivity (Wildman–Crippen MR) is 113 cm³/mol. The lowest BCUT2D eigenvalue weighted by atomic mass is 10.2. The zero-order chi connectivity index (χ0) is 18.1. The molecule has 1 aromatic carbocycles. The second-order valence-corrected chi connectivity index (χ2v) is 5.78. The standard InChI is InChI=1S/C18H27N5O2.HI/c1-5-19-18(20-12-6-7-17-21-14(2)22-25-17)23(3)13-15-8-10-16(24-4)11-9-15;/h8-11H,5-7,12-13H2,1-4H3,(H,19,20);1H. The Kier molecular flexibility index (Phi) is 10.0. The van der Waals surface area contributed by atoms with Crippen LogP contribution in [0.15, 0.2) is 33.8 Å². The zero-order valence-electron chi connectivity index (χ0n) is 15.9. The van der Waals surface area contributed by atoms with Gasteiger partial charge in [0, 0.05) is 33.1 Å². The molecule has 2 rings (SSSR count). The Morgan fingerprint density at radius 1 is 1.31 bits per heavy atom. The van der Waals surface area contributed by atoms with E-state index in [1.165, 1.54) is 5.56 Å². The molecule has 0 radical (unpaired) electrons. The molecule has 1 aromatic heterocycles. The van der Waals surface area contributed by atoms with E-state index in [2.05, 4.69) is 44.4 Å². The molecule has 0 aliphatic carbocycles. The molecule has 7 nitrogen and oxygen atoms in total. The summed E-state index contributed by atoms with van der Waals surface area (Å²) >= 11 is 0. The van der Waals surface area contributed by atoms with Gasteiger partial charge in [0.1, 0.15) is 5.75 Å². The average molecular weight is 473 g/mol. The van der Waals surface area contributed by atoms with Gasteiger partial charge in [-0.1, -0.05) is 17.3 Å². The molecule has 0 aliphatic heterocycles. The van der Waals surface area contributed by atoms with Crippen LogP contribution in [0, 0.1) is 6.92 Å². The Bertz CT molecular complexity index is 672. The van der Waals surface area contributed by atoms with Gasteiger partial charge in [-0.05, 0) is 38.0 Å². The van der Waals surface area contributed by atoms with Crippen molar-refractivity contribution in [2.45, 2.75) is 33.2 Å². The summed E-state index contributed by atoms with van der Waals surface area (Å²) in [7, 11) is 3.71. The minimum Gasteiger partial charge on any atom is -0.497 e. The second kappa shape index (κ2) is 11.7. The first-order valence-corrected chi connectivity index (χ1v) is 8.54. The molecule has 0 fully saturated rings. The summed E-state index contributed by atoms with van der Waals surface area (Å²) in [6, 6.07) is 8.08.